The van der Waals surface area contributed by atoms with Crippen molar-refractivity contribution in [1.29, 1.82) is 0 Å². The fraction of sp³-hybridized carbons (Fsp3) is 0. The first-order valence-electron chi connectivity index (χ1n) is 38.3. The Hall–Kier alpha value is -15.0. The van der Waals surface area contributed by atoms with Crippen LogP contribution in [0.2, 0.25) is 0 Å². The lowest BCUT2D eigenvalue weighted by Gasteiger charge is -2.14. The van der Waals surface area contributed by atoms with E-state index in [4.69, 9.17) is 29.9 Å². The van der Waals surface area contributed by atoms with Crippen molar-refractivity contribution in [1.82, 2.24) is 29.9 Å². The topological polar surface area (TPSA) is 77.3 Å². The van der Waals surface area contributed by atoms with Crippen molar-refractivity contribution in [3.63, 3.8) is 0 Å². The summed E-state index contributed by atoms with van der Waals surface area (Å²) in [5, 5.41) is 16.2. The average Bonchev–Trinajstić information content (AvgIpc) is 1.63. The lowest BCUT2D eigenvalue weighted by Crippen LogP contribution is -1.94. The summed E-state index contributed by atoms with van der Waals surface area (Å²) in [6.45, 7) is 0. The second kappa shape index (κ2) is 24.3. The summed E-state index contributed by atoms with van der Waals surface area (Å²) < 4.78 is 0. The molecule has 6 heteroatoms. The largest absolute Gasteiger partial charge is 0.247 e. The number of pyridine rings is 6. The fourth-order valence-corrected chi connectivity index (χ4v) is 18.1. The molecular formula is C106H60N6. The molecule has 2 aliphatic carbocycles. The molecule has 2 aliphatic rings. The molecule has 112 heavy (non-hydrogen) atoms. The molecular weight excluding hydrogens is 1360 g/mol. The first-order chi connectivity index (χ1) is 55.4. The lowest BCUT2D eigenvalue weighted by molar-refractivity contribution is 1.36. The standard InChI is InChI=1S/C106H60N6/c1-3-15-80-61(9-1)23-35-70-41-51-93(107-101(70)80)65-27-31-67(32-28-65)96-54-44-73-38-37-72-43-53-95(109-103(72)104(73)110-96)64-25-21-63(22-26-64)79-48-49-88-92-59-76(40-47-83(92)86-20-8-19-84(79)100(86)88)90-60-78-45-55-98(77-14-5-13-74(57-77)75-39-46-82-85-17-6-11-69-12-7-18-87(99(69)85)91(82)58-75)111-105(78)106-89(90)50-56-97(112-106)68-33-29-66(30-34-68)94-52-42-71-36-24-62-10-2-4-16-81(62)102(71)108-94/h1-60H. The van der Waals surface area contributed by atoms with Gasteiger partial charge in [-0.3, -0.25) is 0 Å². The minimum Gasteiger partial charge on any atom is -0.247 e. The lowest BCUT2D eigenvalue weighted by atomic mass is 9.92. The van der Waals surface area contributed by atoms with Crippen LogP contribution in [0.25, 0.3) is 254 Å². The van der Waals surface area contributed by atoms with Crippen LogP contribution in [0.1, 0.15) is 0 Å². The third-order valence-electron chi connectivity index (χ3n) is 23.7. The van der Waals surface area contributed by atoms with E-state index in [0.717, 1.165) is 166 Å². The Bertz CT molecular complexity index is 7850. The maximum absolute atomic E-state index is 5.67. The minimum atomic E-state index is 0.850. The van der Waals surface area contributed by atoms with Crippen LogP contribution < -0.4 is 0 Å². The van der Waals surface area contributed by atoms with E-state index in [0.29, 0.717) is 0 Å². The molecule has 514 valence electrons. The van der Waals surface area contributed by atoms with Crippen molar-refractivity contribution in [2.45, 2.75) is 0 Å². The molecule has 6 aromatic heterocycles. The molecule has 0 saturated heterocycles. The van der Waals surface area contributed by atoms with Crippen molar-refractivity contribution >= 4 is 109 Å². The van der Waals surface area contributed by atoms with E-state index in [1.807, 2.05) is 0 Å². The second-order valence-electron chi connectivity index (χ2n) is 29.9. The number of nitrogens with zero attached hydrogens (tertiary/aromatic N) is 6. The van der Waals surface area contributed by atoms with Crippen molar-refractivity contribution in [2.24, 2.45) is 0 Å². The molecule has 0 unspecified atom stereocenters. The summed E-state index contributed by atoms with van der Waals surface area (Å²) in [6, 6.07) is 132. The van der Waals surface area contributed by atoms with Crippen molar-refractivity contribution in [3.05, 3.63) is 364 Å². The molecule has 0 N–H and O–H groups in total. The molecule has 0 fully saturated rings. The number of benzene rings is 16. The highest BCUT2D eigenvalue weighted by atomic mass is 14.8. The highest BCUT2D eigenvalue weighted by molar-refractivity contribution is 6.21. The molecule has 0 spiro atoms. The van der Waals surface area contributed by atoms with Crippen LogP contribution in [0.4, 0.5) is 0 Å². The average molecular weight is 1420 g/mol. The van der Waals surface area contributed by atoms with Gasteiger partial charge in [-0.15, -0.1) is 0 Å². The smallest absolute Gasteiger partial charge is 0.0978 e. The monoisotopic (exact) mass is 1420 g/mol. The Labute approximate surface area is 643 Å². The van der Waals surface area contributed by atoms with Gasteiger partial charge in [0.1, 0.15) is 0 Å². The predicted molar refractivity (Wildman–Crippen MR) is 466 cm³/mol. The minimum absolute atomic E-state index is 0.850. The molecule has 0 amide bonds. The zero-order valence-electron chi connectivity index (χ0n) is 60.3. The first-order valence-corrected chi connectivity index (χ1v) is 38.3. The number of rotatable bonds is 9. The zero-order chi connectivity index (χ0) is 73.2. The normalized spacial score (nSPS) is 12.1. The Balaban J connectivity index is 0.559. The van der Waals surface area contributed by atoms with Crippen molar-refractivity contribution in [3.8, 4) is 145 Å². The molecule has 6 nitrogen and oxygen atoms in total. The summed E-state index contributed by atoms with van der Waals surface area (Å²) in [4.78, 5) is 32.4. The Kier molecular flexibility index (Phi) is 13.5. The van der Waals surface area contributed by atoms with Gasteiger partial charge < -0.3 is 0 Å². The summed E-state index contributed by atoms with van der Waals surface area (Å²) in [7, 11) is 0. The molecule has 22 aromatic rings. The van der Waals surface area contributed by atoms with Crippen molar-refractivity contribution in [2.75, 3.05) is 0 Å². The molecule has 16 aromatic carbocycles. The van der Waals surface area contributed by atoms with Gasteiger partial charge in [0.2, 0.25) is 0 Å². The van der Waals surface area contributed by atoms with Gasteiger partial charge in [-0.1, -0.05) is 297 Å². The van der Waals surface area contributed by atoms with E-state index in [1.54, 1.807) is 0 Å². The fourth-order valence-electron chi connectivity index (χ4n) is 18.1. The second-order valence-corrected chi connectivity index (χ2v) is 29.9. The van der Waals surface area contributed by atoms with Crippen LogP contribution in [0.3, 0.4) is 0 Å². The number of aromatic nitrogens is 6. The van der Waals surface area contributed by atoms with Gasteiger partial charge in [0, 0.05) is 76.5 Å². The Morgan fingerprint density at radius 1 is 0.125 bits per heavy atom. The summed E-state index contributed by atoms with van der Waals surface area (Å²) >= 11 is 0. The van der Waals surface area contributed by atoms with Crippen LogP contribution in [0, 0.1) is 0 Å². The van der Waals surface area contributed by atoms with Crippen LogP contribution >= 0.6 is 0 Å². The molecule has 0 bridgehead atoms. The van der Waals surface area contributed by atoms with Crippen LogP contribution in [0.5, 0.6) is 0 Å². The SMILES string of the molecule is c1cc(-c2ccc3c(c2)-c2cccc4cccc-3c24)cc(-c2ccc3cc(-c4ccc5c(c4)-c4ccc(-c6ccc(-c7ccc8ccc9ccc(-c%10ccc(-c%11ccc%12ccc%13ccccc%13c%12n%11)cc%10)nc9c8n7)cc6)c6cccc-5c46)c4ccc(-c5ccc(-c6ccc7ccc8ccccc8c7n6)cc5)nc4c3n2)c1. The van der Waals surface area contributed by atoms with E-state index >= 15 is 0 Å². The predicted octanol–water partition coefficient (Wildman–Crippen LogP) is 27.9. The third-order valence-corrected chi connectivity index (χ3v) is 23.7. The van der Waals surface area contributed by atoms with Crippen LogP contribution in [0.15, 0.2) is 364 Å². The molecule has 0 aliphatic heterocycles. The van der Waals surface area contributed by atoms with Crippen LogP contribution in [-0.4, -0.2) is 29.9 Å². The molecule has 0 radical (unpaired) electrons. The van der Waals surface area contributed by atoms with Gasteiger partial charge in [0.25, 0.3) is 0 Å². The van der Waals surface area contributed by atoms with E-state index in [9.17, 15) is 0 Å². The summed E-state index contributed by atoms with van der Waals surface area (Å²) in [5.74, 6) is 0. The highest BCUT2D eigenvalue weighted by Gasteiger charge is 2.27. The van der Waals surface area contributed by atoms with Gasteiger partial charge in [0.05, 0.1) is 67.3 Å². The van der Waals surface area contributed by atoms with Gasteiger partial charge in [-0.25, -0.2) is 29.9 Å². The highest BCUT2D eigenvalue weighted by Crippen LogP contribution is 2.53. The summed E-state index contributed by atoms with van der Waals surface area (Å²) in [6.07, 6.45) is 0. The quantitative estimate of drug-likeness (QED) is 0.134. The molecule has 24 rings (SSSR count). The summed E-state index contributed by atoms with van der Waals surface area (Å²) in [5.41, 5.74) is 34.1. The Morgan fingerprint density at radius 2 is 0.464 bits per heavy atom. The van der Waals surface area contributed by atoms with Gasteiger partial charge >= 0.3 is 0 Å². The Morgan fingerprint density at radius 3 is 1.03 bits per heavy atom. The number of hydrogen-bond donors (Lipinski definition) is 0. The number of fused-ring (bicyclic) bond motifs is 18. The third kappa shape index (κ3) is 9.78. The van der Waals surface area contributed by atoms with E-state index in [2.05, 4.69) is 364 Å². The number of hydrogen-bond acceptors (Lipinski definition) is 6. The maximum atomic E-state index is 5.67. The van der Waals surface area contributed by atoms with E-state index < -0.39 is 0 Å². The van der Waals surface area contributed by atoms with Crippen LogP contribution in [-0.2, 0) is 0 Å². The van der Waals surface area contributed by atoms with Gasteiger partial charge in [0.15, 0.2) is 0 Å². The van der Waals surface area contributed by atoms with Gasteiger partial charge in [-0.05, 0) is 177 Å². The van der Waals surface area contributed by atoms with Gasteiger partial charge in [-0.2, -0.15) is 0 Å². The molecule has 0 saturated carbocycles. The molecule has 6 heterocycles. The van der Waals surface area contributed by atoms with Crippen molar-refractivity contribution < 1.29 is 0 Å². The first kappa shape index (κ1) is 62.1. The molecule has 0 atom stereocenters. The van der Waals surface area contributed by atoms with E-state index in [-0.39, 0.29) is 0 Å². The maximum Gasteiger partial charge on any atom is 0.0978 e. The van der Waals surface area contributed by atoms with E-state index in [1.165, 1.54) is 88.0 Å². The zero-order valence-corrected chi connectivity index (χ0v) is 60.3.